The van der Waals surface area contributed by atoms with Crippen molar-refractivity contribution in [3.63, 3.8) is 0 Å². The number of nitrogens with one attached hydrogen (secondary N) is 1. The minimum absolute atomic E-state index is 0.711. The highest BCUT2D eigenvalue weighted by Crippen LogP contribution is 2.31. The Bertz CT molecular complexity index is 970. The molecule has 0 aromatic heterocycles. The maximum Gasteiger partial charge on any atom is 0.397 e. The summed E-state index contributed by atoms with van der Waals surface area (Å²) in [5, 5.41) is 92.9. The van der Waals surface area contributed by atoms with Crippen LogP contribution in [0.1, 0.15) is 6.92 Å². The number of rotatable bonds is 10. The van der Waals surface area contributed by atoms with Gasteiger partial charge in [0.1, 0.15) is 73.2 Å². The van der Waals surface area contributed by atoms with Crippen molar-refractivity contribution in [2.75, 3.05) is 19.8 Å². The average Bonchev–Trinajstić information content (AvgIpc) is 2.90. The lowest BCUT2D eigenvalue weighted by molar-refractivity contribution is -0.349. The van der Waals surface area contributed by atoms with Crippen LogP contribution in [0.15, 0.2) is 0 Å². The first kappa shape index (κ1) is 34.3. The van der Waals surface area contributed by atoms with E-state index in [0.29, 0.717) is 0 Å². The summed E-state index contributed by atoms with van der Waals surface area (Å²) >= 11 is 0. The van der Waals surface area contributed by atoms with Gasteiger partial charge in [0.05, 0.1) is 19.8 Å². The third kappa shape index (κ3) is 8.24. The van der Waals surface area contributed by atoms with Gasteiger partial charge in [-0.05, 0) is 0 Å². The molecule has 3 aliphatic heterocycles. The lowest BCUT2D eigenvalue weighted by Crippen LogP contribution is -2.68. The first-order chi connectivity index (χ1) is 19.0. The molecule has 3 heterocycles. The van der Waals surface area contributed by atoms with Crippen LogP contribution in [0, 0.1) is 0 Å². The van der Waals surface area contributed by atoms with Gasteiger partial charge in [-0.15, -0.1) is 0 Å². The fourth-order valence-corrected chi connectivity index (χ4v) is 4.80. The third-order valence-corrected chi connectivity index (χ3v) is 7.11. The van der Waals surface area contributed by atoms with Crippen molar-refractivity contribution in [3.05, 3.63) is 0 Å². The Morgan fingerprint density at radius 3 is 1.90 bits per heavy atom. The molecule has 3 aliphatic rings. The van der Waals surface area contributed by atoms with Gasteiger partial charge < -0.3 is 75.0 Å². The van der Waals surface area contributed by atoms with Crippen molar-refractivity contribution in [2.24, 2.45) is 0 Å². The minimum Gasteiger partial charge on any atom is -0.394 e. The van der Waals surface area contributed by atoms with E-state index in [4.69, 9.17) is 28.2 Å². The first-order valence-electron chi connectivity index (χ1n) is 12.2. The maximum atomic E-state index is 12.0. The van der Waals surface area contributed by atoms with Crippen molar-refractivity contribution in [1.29, 1.82) is 0 Å². The van der Waals surface area contributed by atoms with Crippen LogP contribution in [-0.4, -0.2) is 177 Å². The summed E-state index contributed by atoms with van der Waals surface area (Å²) in [6.45, 7) is -1.54. The molecule has 0 saturated carbocycles. The van der Waals surface area contributed by atoms with Crippen LogP contribution < -0.4 is 5.32 Å². The molecule has 0 unspecified atom stereocenters. The Balaban J connectivity index is 1.88. The summed E-state index contributed by atoms with van der Waals surface area (Å²) in [4.78, 5) is 12.0. The minimum atomic E-state index is -5.06. The van der Waals surface area contributed by atoms with Crippen LogP contribution in [0.4, 0.5) is 0 Å². The van der Waals surface area contributed by atoms with Gasteiger partial charge in [0.2, 0.25) is 5.91 Å². The number of amides is 1. The van der Waals surface area contributed by atoms with E-state index in [9.17, 15) is 59.2 Å². The molecule has 0 spiro atoms. The summed E-state index contributed by atoms with van der Waals surface area (Å²) < 4.78 is 62.6. The van der Waals surface area contributed by atoms with Gasteiger partial charge in [0, 0.05) is 6.92 Å². The Morgan fingerprint density at radius 2 is 1.32 bits per heavy atom. The molecule has 3 saturated heterocycles. The van der Waals surface area contributed by atoms with Crippen molar-refractivity contribution in [2.45, 2.75) is 99.0 Å². The van der Waals surface area contributed by atoms with E-state index < -0.39 is 128 Å². The normalized spacial score (nSPS) is 45.8. The van der Waals surface area contributed by atoms with E-state index in [1.165, 1.54) is 0 Å². The van der Waals surface area contributed by atoms with Gasteiger partial charge >= 0.3 is 10.4 Å². The van der Waals surface area contributed by atoms with Crippen LogP contribution in [-0.2, 0) is 43.1 Å². The highest BCUT2D eigenvalue weighted by Gasteiger charge is 2.52. The topological polar surface area (TPSA) is 321 Å². The van der Waals surface area contributed by atoms with E-state index in [2.05, 4.69) is 9.50 Å². The van der Waals surface area contributed by atoms with Gasteiger partial charge in [0.15, 0.2) is 18.9 Å². The smallest absolute Gasteiger partial charge is 0.394 e. The lowest BCUT2D eigenvalue weighted by Gasteiger charge is -2.47. The summed E-state index contributed by atoms with van der Waals surface area (Å²) in [5.74, 6) is -0.752. The van der Waals surface area contributed by atoms with Crippen LogP contribution in [0.2, 0.25) is 0 Å². The number of aliphatic hydroxyl groups is 9. The van der Waals surface area contributed by atoms with E-state index in [0.717, 1.165) is 6.92 Å². The number of carbonyl (C=O) groups excluding carboxylic acids is 1. The van der Waals surface area contributed by atoms with Crippen molar-refractivity contribution >= 4 is 16.3 Å². The zero-order valence-corrected chi connectivity index (χ0v) is 22.2. The number of carbonyl (C=O) groups is 1. The highest BCUT2D eigenvalue weighted by molar-refractivity contribution is 7.80. The third-order valence-electron chi connectivity index (χ3n) is 6.68. The standard InChI is InChI=1S/C20H35NO19S/c1-5(23)21-9-17(40-20-16(30)14(28)10(24)6(2-22)38-20)12(26)8(4-36-41(32,33)34)39-19(9)35-3-7-11(25)13(27)15(29)18(31)37-7/h6-20,22,24-31H,2-4H2,1H3,(H,21,23)(H,32,33,34)/t6-,7-,8-,9-,10+,11-,12-,13+,14+,15+,16-,17-,18+,19-,20+/m1/s1. The Hall–Kier alpha value is -1.22. The lowest BCUT2D eigenvalue weighted by atomic mass is 9.95. The van der Waals surface area contributed by atoms with Gasteiger partial charge in [-0.3, -0.25) is 9.35 Å². The molecular weight excluding hydrogens is 590 g/mol. The fourth-order valence-electron chi connectivity index (χ4n) is 4.49. The summed E-state index contributed by atoms with van der Waals surface area (Å²) in [6.07, 6.45) is -25.0. The van der Waals surface area contributed by atoms with E-state index in [-0.39, 0.29) is 0 Å². The molecular formula is C20H35NO19S. The second-order valence-corrected chi connectivity index (χ2v) is 10.7. The molecule has 0 aromatic carbocycles. The second kappa shape index (κ2) is 14.0. The molecule has 20 nitrogen and oxygen atoms in total. The molecule has 1 amide bonds. The summed E-state index contributed by atoms with van der Waals surface area (Å²) in [5.41, 5.74) is 0. The molecule has 3 fully saturated rings. The summed E-state index contributed by atoms with van der Waals surface area (Å²) in [6, 6.07) is -1.54. The molecule has 11 N–H and O–H groups in total. The molecule has 0 aromatic rings. The molecule has 3 rings (SSSR count). The zero-order valence-electron chi connectivity index (χ0n) is 21.3. The molecule has 41 heavy (non-hydrogen) atoms. The SMILES string of the molecule is CC(=O)N[C@H]1[C@H](OC[C@H]2O[C@H](O)[C@@H](O)[C@@H](O)[C@@H]2O)O[C@H](COS(=O)(=O)O)[C@@H](O)[C@@H]1O[C@@H]1O[C@H](CO)[C@H](O)[C@H](O)[C@H]1O. The second-order valence-electron chi connectivity index (χ2n) is 9.64. The Labute approximate surface area is 232 Å². The number of aliphatic hydroxyl groups excluding tert-OH is 9. The zero-order chi connectivity index (χ0) is 30.8. The predicted octanol–water partition coefficient (Wildman–Crippen LogP) is -7.60. The molecule has 15 atom stereocenters. The van der Waals surface area contributed by atoms with Gasteiger partial charge in [0.25, 0.3) is 0 Å². The molecule has 0 bridgehead atoms. The Morgan fingerprint density at radius 1 is 0.756 bits per heavy atom. The molecule has 0 aliphatic carbocycles. The predicted molar refractivity (Wildman–Crippen MR) is 123 cm³/mol. The van der Waals surface area contributed by atoms with Gasteiger partial charge in [-0.2, -0.15) is 8.42 Å². The summed E-state index contributed by atoms with van der Waals surface area (Å²) in [7, 11) is -5.06. The average molecular weight is 626 g/mol. The van der Waals surface area contributed by atoms with Gasteiger partial charge in [-0.1, -0.05) is 0 Å². The first-order valence-corrected chi connectivity index (χ1v) is 13.6. The molecule has 21 heteroatoms. The van der Waals surface area contributed by atoms with Crippen molar-refractivity contribution < 1.29 is 91.6 Å². The number of hydrogen-bond acceptors (Lipinski definition) is 18. The van der Waals surface area contributed by atoms with E-state index in [1.807, 2.05) is 0 Å². The largest absolute Gasteiger partial charge is 0.397 e. The van der Waals surface area contributed by atoms with Crippen molar-refractivity contribution in [1.82, 2.24) is 5.32 Å². The maximum absolute atomic E-state index is 12.0. The van der Waals surface area contributed by atoms with Crippen LogP contribution in [0.3, 0.4) is 0 Å². The van der Waals surface area contributed by atoms with E-state index >= 15 is 0 Å². The van der Waals surface area contributed by atoms with Crippen LogP contribution in [0.5, 0.6) is 0 Å². The fraction of sp³-hybridized carbons (Fsp3) is 0.950. The monoisotopic (exact) mass is 625 g/mol. The van der Waals surface area contributed by atoms with E-state index in [1.54, 1.807) is 0 Å². The van der Waals surface area contributed by atoms with Crippen LogP contribution in [0.25, 0.3) is 0 Å². The highest BCUT2D eigenvalue weighted by atomic mass is 32.3. The number of ether oxygens (including phenoxy) is 5. The van der Waals surface area contributed by atoms with Crippen LogP contribution >= 0.6 is 0 Å². The number of hydrogen-bond donors (Lipinski definition) is 11. The Kier molecular flexibility index (Phi) is 11.7. The quantitative estimate of drug-likeness (QED) is 0.100. The van der Waals surface area contributed by atoms with Crippen molar-refractivity contribution in [3.8, 4) is 0 Å². The van der Waals surface area contributed by atoms with Gasteiger partial charge in [-0.25, -0.2) is 4.18 Å². The molecule has 0 radical (unpaired) electrons. The molecule has 240 valence electrons.